The maximum Gasteiger partial charge on any atom is 0.274 e. The number of amides is 3. The van der Waals surface area contributed by atoms with Crippen molar-refractivity contribution in [3.8, 4) is 0 Å². The van der Waals surface area contributed by atoms with Crippen molar-refractivity contribution in [3.63, 3.8) is 0 Å². The van der Waals surface area contributed by atoms with Crippen LogP contribution in [-0.2, 0) is 14.3 Å². The maximum absolute atomic E-state index is 14.0. The number of hydrogen-bond donors (Lipinski definition) is 1. The third-order valence-electron chi connectivity index (χ3n) is 7.72. The third kappa shape index (κ3) is 4.89. The van der Waals surface area contributed by atoms with Gasteiger partial charge in [0.1, 0.15) is 11.7 Å². The average molecular weight is 483 g/mol. The number of imidazole rings is 1. The van der Waals surface area contributed by atoms with E-state index in [2.05, 4.69) is 15.4 Å². The van der Waals surface area contributed by atoms with Crippen molar-refractivity contribution in [1.29, 1.82) is 0 Å². The van der Waals surface area contributed by atoms with Crippen LogP contribution in [0.1, 0.15) is 61.9 Å². The number of piperidine rings is 1. The Morgan fingerprint density at radius 1 is 1.06 bits per heavy atom. The van der Waals surface area contributed by atoms with Crippen LogP contribution in [0.25, 0.3) is 5.65 Å². The summed E-state index contributed by atoms with van der Waals surface area (Å²) in [5, 5.41) is 7.15. The number of hydrogen-bond acceptors (Lipinski definition) is 6. The molecule has 0 bridgehead atoms. The summed E-state index contributed by atoms with van der Waals surface area (Å²) in [5.41, 5.74) is 0.464. The maximum atomic E-state index is 14.0. The fraction of sp³-hybridized carbons (Fsp3) is 0.640. The van der Waals surface area contributed by atoms with Gasteiger partial charge in [0.15, 0.2) is 5.65 Å². The molecular weight excluding hydrogens is 448 g/mol. The number of nitrogens with zero attached hydrogens (tertiary/aromatic N) is 5. The molecule has 0 aliphatic carbocycles. The van der Waals surface area contributed by atoms with Gasteiger partial charge in [-0.1, -0.05) is 12.8 Å². The second kappa shape index (κ2) is 10.3. The molecule has 10 heteroatoms. The van der Waals surface area contributed by atoms with Gasteiger partial charge in [0.2, 0.25) is 11.8 Å². The van der Waals surface area contributed by atoms with Crippen LogP contribution in [0.4, 0.5) is 0 Å². The van der Waals surface area contributed by atoms with Gasteiger partial charge in [0, 0.05) is 39.0 Å². The van der Waals surface area contributed by atoms with Crippen LogP contribution >= 0.6 is 0 Å². The molecule has 0 saturated carbocycles. The monoisotopic (exact) mass is 482 g/mol. The summed E-state index contributed by atoms with van der Waals surface area (Å²) in [6.07, 6.45) is 9.70. The van der Waals surface area contributed by atoms with Crippen molar-refractivity contribution in [2.75, 3.05) is 39.4 Å². The van der Waals surface area contributed by atoms with E-state index in [9.17, 15) is 14.4 Å². The zero-order chi connectivity index (χ0) is 24.3. The lowest BCUT2D eigenvalue weighted by molar-refractivity contribution is -0.150. The molecule has 2 aromatic heterocycles. The summed E-state index contributed by atoms with van der Waals surface area (Å²) in [6, 6.07) is 3.20. The van der Waals surface area contributed by atoms with Gasteiger partial charge in [-0.3, -0.25) is 14.4 Å². The lowest BCUT2D eigenvalue weighted by atomic mass is 9.73. The van der Waals surface area contributed by atoms with E-state index in [0.29, 0.717) is 70.0 Å². The lowest BCUT2D eigenvalue weighted by Gasteiger charge is -2.43. The fourth-order valence-corrected chi connectivity index (χ4v) is 5.70. The smallest absolute Gasteiger partial charge is 0.274 e. The normalized spacial score (nSPS) is 24.3. The Hall–Kier alpha value is -3.01. The first-order valence-electron chi connectivity index (χ1n) is 12.8. The number of aromatic nitrogens is 3. The van der Waals surface area contributed by atoms with Crippen LogP contribution in [0.2, 0.25) is 0 Å². The Morgan fingerprint density at radius 2 is 1.91 bits per heavy atom. The van der Waals surface area contributed by atoms with Crippen LogP contribution in [-0.4, -0.2) is 87.6 Å². The highest BCUT2D eigenvalue weighted by molar-refractivity contribution is 5.94. The lowest BCUT2D eigenvalue weighted by Crippen LogP contribution is -2.55. The Bertz CT molecular complexity index is 1040. The summed E-state index contributed by atoms with van der Waals surface area (Å²) >= 11 is 0. The fourth-order valence-electron chi connectivity index (χ4n) is 5.70. The quantitative estimate of drug-likeness (QED) is 0.662. The van der Waals surface area contributed by atoms with Crippen LogP contribution in [0, 0.1) is 5.41 Å². The Labute approximate surface area is 205 Å². The van der Waals surface area contributed by atoms with Gasteiger partial charge >= 0.3 is 0 Å². The van der Waals surface area contributed by atoms with E-state index < -0.39 is 11.5 Å². The first-order valence-corrected chi connectivity index (χ1v) is 12.8. The number of carbonyl (C=O) groups excluding carboxylic acids is 3. The number of rotatable bonds is 1. The molecule has 35 heavy (non-hydrogen) atoms. The third-order valence-corrected chi connectivity index (χ3v) is 7.72. The zero-order valence-corrected chi connectivity index (χ0v) is 20.2. The van der Waals surface area contributed by atoms with Crippen molar-refractivity contribution in [3.05, 3.63) is 30.2 Å². The topological polar surface area (TPSA) is 109 Å². The van der Waals surface area contributed by atoms with Gasteiger partial charge in [-0.25, -0.2) is 9.50 Å². The van der Waals surface area contributed by atoms with E-state index in [1.165, 1.54) is 0 Å². The summed E-state index contributed by atoms with van der Waals surface area (Å²) in [5.74, 6) is -0.124. The summed E-state index contributed by atoms with van der Waals surface area (Å²) < 4.78 is 7.25. The number of carbonyl (C=O) groups is 3. The van der Waals surface area contributed by atoms with E-state index in [-0.39, 0.29) is 17.7 Å². The molecule has 1 atom stereocenters. The van der Waals surface area contributed by atoms with Crippen molar-refractivity contribution in [2.45, 2.75) is 57.4 Å². The molecule has 0 unspecified atom stereocenters. The molecule has 2 aromatic rings. The molecule has 3 aliphatic heterocycles. The van der Waals surface area contributed by atoms with Gasteiger partial charge < -0.3 is 19.9 Å². The largest absolute Gasteiger partial charge is 0.380 e. The summed E-state index contributed by atoms with van der Waals surface area (Å²) in [4.78, 5) is 48.0. The van der Waals surface area contributed by atoms with E-state index in [0.717, 1.165) is 32.1 Å². The molecule has 0 aromatic carbocycles. The molecule has 3 saturated heterocycles. The van der Waals surface area contributed by atoms with E-state index in [4.69, 9.17) is 4.74 Å². The number of likely N-dealkylation sites (tertiary alicyclic amines) is 1. The van der Waals surface area contributed by atoms with E-state index in [1.807, 2.05) is 11.0 Å². The number of fused-ring (bicyclic) bond motifs is 2. The van der Waals surface area contributed by atoms with E-state index >= 15 is 0 Å². The molecule has 1 spiro atoms. The van der Waals surface area contributed by atoms with Crippen LogP contribution in [0.5, 0.6) is 0 Å². The molecule has 3 fully saturated rings. The highest BCUT2D eigenvalue weighted by Gasteiger charge is 2.47. The molecular formula is C25H34N6O4. The van der Waals surface area contributed by atoms with Gasteiger partial charge in [0.05, 0.1) is 18.2 Å². The summed E-state index contributed by atoms with van der Waals surface area (Å²) in [6.45, 7) is 3.26. The predicted octanol–water partition coefficient (Wildman–Crippen LogP) is 1.65. The molecule has 3 aliphatic rings. The highest BCUT2D eigenvalue weighted by Crippen LogP contribution is 2.41. The Morgan fingerprint density at radius 3 is 2.74 bits per heavy atom. The molecule has 0 radical (unpaired) electrons. The van der Waals surface area contributed by atoms with E-state index in [1.54, 1.807) is 27.9 Å². The number of nitrogens with one attached hydrogen (secondary N) is 1. The minimum absolute atomic E-state index is 0.0836. The zero-order valence-electron chi connectivity index (χ0n) is 20.2. The number of ether oxygens (including phenoxy) is 1. The van der Waals surface area contributed by atoms with Gasteiger partial charge in [-0.2, -0.15) is 5.10 Å². The van der Waals surface area contributed by atoms with Crippen LogP contribution < -0.4 is 5.32 Å². The van der Waals surface area contributed by atoms with Crippen molar-refractivity contribution < 1.29 is 19.1 Å². The Balaban J connectivity index is 1.32. The average Bonchev–Trinajstić information content (AvgIpc) is 3.54. The van der Waals surface area contributed by atoms with Gasteiger partial charge in [-0.05, 0) is 50.7 Å². The second-order valence-electron chi connectivity index (χ2n) is 9.90. The highest BCUT2D eigenvalue weighted by atomic mass is 16.5. The first-order chi connectivity index (χ1) is 17.1. The van der Waals surface area contributed by atoms with Crippen LogP contribution in [0.3, 0.4) is 0 Å². The second-order valence-corrected chi connectivity index (χ2v) is 9.90. The molecule has 5 rings (SSSR count). The molecule has 10 nitrogen and oxygen atoms in total. The Kier molecular flexibility index (Phi) is 6.99. The minimum Gasteiger partial charge on any atom is -0.380 e. The van der Waals surface area contributed by atoms with Gasteiger partial charge in [0.25, 0.3) is 5.91 Å². The minimum atomic E-state index is -0.537. The van der Waals surface area contributed by atoms with Crippen LogP contribution in [0.15, 0.2) is 24.5 Å². The molecule has 1 N–H and O–H groups in total. The van der Waals surface area contributed by atoms with Gasteiger partial charge in [-0.15, -0.1) is 0 Å². The predicted molar refractivity (Wildman–Crippen MR) is 128 cm³/mol. The van der Waals surface area contributed by atoms with Crippen molar-refractivity contribution in [2.24, 2.45) is 5.41 Å². The molecule has 188 valence electrons. The van der Waals surface area contributed by atoms with Crippen molar-refractivity contribution >= 4 is 23.4 Å². The molecule has 3 amide bonds. The standard InChI is InChI=1S/C25H34N6O4/c32-22-20-6-5-13-30(20)24(34)25(8-2-1-3-16-35-17-12-26-22)9-14-29(15-10-25)23(33)19-18-31-21(28-19)7-4-11-27-31/h4,7,11,18,20H,1-3,5-6,8-10,12-17H2,(H,26,32)/t20-/m0/s1. The van der Waals surface area contributed by atoms with Crippen molar-refractivity contribution in [1.82, 2.24) is 29.7 Å². The molecule has 5 heterocycles. The summed E-state index contributed by atoms with van der Waals surface area (Å²) in [7, 11) is 0. The first kappa shape index (κ1) is 23.7. The SMILES string of the molecule is O=C1NCCOCCCCCC2(CCN(C(=O)c3cn4ncccc4n3)CC2)C(=O)N2CCC[C@@H]12.